The Morgan fingerprint density at radius 1 is 1.15 bits per heavy atom. The monoisotopic (exact) mass is 430 g/mol. The van der Waals surface area contributed by atoms with E-state index in [1.165, 1.54) is 12.3 Å². The number of carbonyl (C=O) groups excluding carboxylic acids is 1. The third kappa shape index (κ3) is 3.24. The molecule has 1 amide bonds. The van der Waals surface area contributed by atoms with Gasteiger partial charge in [-0.1, -0.05) is 40.2 Å². The molecule has 0 aliphatic heterocycles. The van der Waals surface area contributed by atoms with Crippen molar-refractivity contribution in [2.24, 2.45) is 5.92 Å². The van der Waals surface area contributed by atoms with E-state index in [-0.39, 0.29) is 16.7 Å². The van der Waals surface area contributed by atoms with E-state index < -0.39 is 15.9 Å². The summed E-state index contributed by atoms with van der Waals surface area (Å²) in [5.41, 5.74) is 1.04. The molecule has 2 aromatic carbocycles. The summed E-state index contributed by atoms with van der Waals surface area (Å²) in [5.74, 6) is -0.726. The van der Waals surface area contributed by atoms with Gasteiger partial charge in [-0.05, 0) is 42.2 Å². The molecule has 7 heteroatoms. The molecule has 0 bridgehead atoms. The number of nitrogens with zero attached hydrogens (tertiary/aromatic N) is 1. The molecule has 1 heterocycles. The smallest absolute Gasteiger partial charge is 0.264 e. The number of carbonyl (C=O) groups is 1. The second-order valence-corrected chi connectivity index (χ2v) is 8.89. The summed E-state index contributed by atoms with van der Waals surface area (Å²) in [5, 5.41) is 1.25. The zero-order chi connectivity index (χ0) is 18.3. The molecule has 1 aliphatic carbocycles. The summed E-state index contributed by atoms with van der Waals surface area (Å²) >= 11 is 3.42. The van der Waals surface area contributed by atoms with Crippen molar-refractivity contribution in [2.75, 3.05) is 0 Å². The number of rotatable bonds is 4. The fraction of sp³-hybridized carbons (Fsp3) is 0.158. The molecule has 1 fully saturated rings. The fourth-order valence-electron chi connectivity index (χ4n) is 3.18. The third-order valence-corrected chi connectivity index (χ3v) is 6.47. The quantitative estimate of drug-likeness (QED) is 0.685. The van der Waals surface area contributed by atoms with Crippen molar-refractivity contribution in [2.45, 2.75) is 17.2 Å². The van der Waals surface area contributed by atoms with Gasteiger partial charge in [0, 0.05) is 33.6 Å². The van der Waals surface area contributed by atoms with E-state index in [9.17, 15) is 13.2 Å². The van der Waals surface area contributed by atoms with Gasteiger partial charge >= 0.3 is 0 Å². The normalized spacial score (nSPS) is 19.3. The van der Waals surface area contributed by atoms with E-state index in [1.54, 1.807) is 24.4 Å². The van der Waals surface area contributed by atoms with Crippen molar-refractivity contribution in [1.29, 1.82) is 0 Å². The number of hydrogen-bond donors (Lipinski definition) is 1. The van der Waals surface area contributed by atoms with Gasteiger partial charge in [0.05, 0.1) is 4.90 Å². The minimum atomic E-state index is -3.94. The molecule has 26 heavy (non-hydrogen) atoms. The summed E-state index contributed by atoms with van der Waals surface area (Å²) < 4.78 is 28.6. The van der Waals surface area contributed by atoms with Gasteiger partial charge < -0.3 is 0 Å². The number of fused-ring (bicyclic) bond motifs is 1. The van der Waals surface area contributed by atoms with Crippen LogP contribution < -0.4 is 4.72 Å². The molecule has 1 aliphatic rings. The molecule has 132 valence electrons. The number of sulfonamides is 1. The van der Waals surface area contributed by atoms with Crippen LogP contribution in [0.4, 0.5) is 0 Å². The van der Waals surface area contributed by atoms with Gasteiger partial charge in [0.15, 0.2) is 0 Å². The lowest BCUT2D eigenvalue weighted by molar-refractivity contribution is -0.120. The highest BCUT2D eigenvalue weighted by molar-refractivity contribution is 9.10. The van der Waals surface area contributed by atoms with Gasteiger partial charge in [-0.25, -0.2) is 13.1 Å². The molecule has 1 saturated carbocycles. The maximum Gasteiger partial charge on any atom is 0.264 e. The zero-order valence-electron chi connectivity index (χ0n) is 13.6. The average Bonchev–Trinajstić information content (AvgIpc) is 3.42. The molecule has 0 radical (unpaired) electrons. The standard InChI is InChI=1S/C19H15BrN2O3S/c20-14-5-1-3-12(9-14)16-10-17(16)19(23)22-26(24,25)18-6-2-4-13-11-21-8-7-15(13)18/h1-9,11,16-17H,10H2,(H,22,23). The first-order valence-corrected chi connectivity index (χ1v) is 10.4. The van der Waals surface area contributed by atoms with Crippen molar-refractivity contribution in [3.63, 3.8) is 0 Å². The van der Waals surface area contributed by atoms with Gasteiger partial charge in [-0.2, -0.15) is 0 Å². The van der Waals surface area contributed by atoms with Crippen LogP contribution in [-0.2, 0) is 14.8 Å². The van der Waals surface area contributed by atoms with Crippen LogP contribution in [-0.4, -0.2) is 19.3 Å². The van der Waals surface area contributed by atoms with Gasteiger partial charge in [0.25, 0.3) is 10.0 Å². The van der Waals surface area contributed by atoms with E-state index in [4.69, 9.17) is 0 Å². The number of nitrogens with one attached hydrogen (secondary N) is 1. The van der Waals surface area contributed by atoms with Gasteiger partial charge in [0.1, 0.15) is 0 Å². The van der Waals surface area contributed by atoms with Crippen LogP contribution in [0.1, 0.15) is 17.9 Å². The molecule has 1 N–H and O–H groups in total. The van der Waals surface area contributed by atoms with Crippen molar-refractivity contribution >= 4 is 42.6 Å². The molecule has 2 atom stereocenters. The largest absolute Gasteiger partial charge is 0.274 e. The number of amides is 1. The Balaban J connectivity index is 1.56. The van der Waals surface area contributed by atoms with Crippen LogP contribution in [0.2, 0.25) is 0 Å². The first-order chi connectivity index (χ1) is 12.5. The summed E-state index contributed by atoms with van der Waals surface area (Å²) in [6, 6.07) is 14.3. The maximum absolute atomic E-state index is 12.7. The topological polar surface area (TPSA) is 76.1 Å². The van der Waals surface area contributed by atoms with Crippen LogP contribution >= 0.6 is 15.9 Å². The average molecular weight is 431 g/mol. The number of halogens is 1. The first kappa shape index (κ1) is 17.2. The van der Waals surface area contributed by atoms with Gasteiger partial charge in [-0.15, -0.1) is 0 Å². The van der Waals surface area contributed by atoms with Crippen LogP contribution in [0.25, 0.3) is 10.8 Å². The summed E-state index contributed by atoms with van der Waals surface area (Å²) in [6.07, 6.45) is 3.78. The summed E-state index contributed by atoms with van der Waals surface area (Å²) in [6.45, 7) is 0. The molecule has 2 unspecified atom stereocenters. The lowest BCUT2D eigenvalue weighted by Crippen LogP contribution is -2.32. The third-order valence-electron chi connectivity index (χ3n) is 4.57. The van der Waals surface area contributed by atoms with E-state index in [0.717, 1.165) is 10.0 Å². The van der Waals surface area contributed by atoms with Gasteiger partial charge in [0.2, 0.25) is 5.91 Å². The molecular weight excluding hydrogens is 416 g/mol. The predicted octanol–water partition coefficient (Wildman–Crippen LogP) is 3.61. The number of hydrogen-bond acceptors (Lipinski definition) is 4. The Bertz CT molecular complexity index is 1110. The van der Waals surface area contributed by atoms with Crippen LogP contribution in [0, 0.1) is 5.92 Å². The molecule has 1 aromatic heterocycles. The Kier molecular flexibility index (Phi) is 4.28. The Labute approximate surface area is 159 Å². The van der Waals surface area contributed by atoms with Gasteiger partial charge in [-0.3, -0.25) is 9.78 Å². The SMILES string of the molecule is O=C(NS(=O)(=O)c1cccc2cnccc12)C1CC1c1cccc(Br)c1. The minimum Gasteiger partial charge on any atom is -0.274 e. The van der Waals surface area contributed by atoms with Crippen LogP contribution in [0.15, 0.2) is 70.3 Å². The Hall–Kier alpha value is -2.25. The fourth-order valence-corrected chi connectivity index (χ4v) is 4.86. The molecular formula is C19H15BrN2O3S. The highest BCUT2D eigenvalue weighted by Gasteiger charge is 2.45. The summed E-state index contributed by atoms with van der Waals surface area (Å²) in [7, 11) is -3.94. The zero-order valence-corrected chi connectivity index (χ0v) is 16.0. The van der Waals surface area contributed by atoms with Crippen molar-refractivity contribution in [3.8, 4) is 0 Å². The molecule has 3 aromatic rings. The highest BCUT2D eigenvalue weighted by atomic mass is 79.9. The lowest BCUT2D eigenvalue weighted by Gasteiger charge is -2.09. The Morgan fingerprint density at radius 2 is 1.96 bits per heavy atom. The molecule has 0 saturated heterocycles. The summed E-state index contributed by atoms with van der Waals surface area (Å²) in [4.78, 5) is 16.6. The number of pyridine rings is 1. The van der Waals surface area contributed by atoms with E-state index in [2.05, 4.69) is 25.6 Å². The molecule has 4 rings (SSSR count). The highest BCUT2D eigenvalue weighted by Crippen LogP contribution is 2.48. The maximum atomic E-state index is 12.7. The first-order valence-electron chi connectivity index (χ1n) is 8.10. The minimum absolute atomic E-state index is 0.0550. The second kappa shape index (κ2) is 6.48. The van der Waals surface area contributed by atoms with Crippen molar-refractivity contribution in [1.82, 2.24) is 9.71 Å². The van der Waals surface area contributed by atoms with E-state index in [1.807, 2.05) is 24.3 Å². The Morgan fingerprint density at radius 3 is 2.77 bits per heavy atom. The molecule has 0 spiro atoms. The van der Waals surface area contributed by atoms with Crippen molar-refractivity contribution < 1.29 is 13.2 Å². The van der Waals surface area contributed by atoms with Crippen LogP contribution in [0.5, 0.6) is 0 Å². The number of aromatic nitrogens is 1. The second-order valence-electron chi connectivity index (χ2n) is 6.33. The predicted molar refractivity (Wildman–Crippen MR) is 102 cm³/mol. The van der Waals surface area contributed by atoms with Crippen molar-refractivity contribution in [3.05, 3.63) is 71.0 Å². The number of benzene rings is 2. The van der Waals surface area contributed by atoms with E-state index >= 15 is 0 Å². The lowest BCUT2D eigenvalue weighted by atomic mass is 10.1. The molecule has 5 nitrogen and oxygen atoms in total. The van der Waals surface area contributed by atoms with Crippen LogP contribution in [0.3, 0.4) is 0 Å². The van der Waals surface area contributed by atoms with E-state index in [0.29, 0.717) is 17.2 Å².